The molecule has 11 heteroatoms. The van der Waals surface area contributed by atoms with E-state index in [1.807, 2.05) is 6.92 Å². The quantitative estimate of drug-likeness (QED) is 0.267. The minimum absolute atomic E-state index is 0.209. The highest BCUT2D eigenvalue weighted by Crippen LogP contribution is 2.47. The van der Waals surface area contributed by atoms with Gasteiger partial charge < -0.3 is 19.6 Å². The fourth-order valence-electron chi connectivity index (χ4n) is 7.67. The third-order valence-corrected chi connectivity index (χ3v) is 10.9. The van der Waals surface area contributed by atoms with E-state index < -0.39 is 30.2 Å². The van der Waals surface area contributed by atoms with Crippen molar-refractivity contribution in [3.63, 3.8) is 0 Å². The number of nitrogens with zero attached hydrogens (tertiary/aromatic N) is 5. The lowest BCUT2D eigenvalue weighted by Gasteiger charge is -2.50. The van der Waals surface area contributed by atoms with E-state index in [0.717, 1.165) is 38.9 Å². The summed E-state index contributed by atoms with van der Waals surface area (Å²) in [7, 11) is 2.23. The van der Waals surface area contributed by atoms with Gasteiger partial charge in [0.05, 0.1) is 5.92 Å². The zero-order chi connectivity index (χ0) is 31.8. The predicted octanol–water partition coefficient (Wildman–Crippen LogP) is 6.11. The highest BCUT2D eigenvalue weighted by Gasteiger charge is 2.52. The Morgan fingerprint density at radius 1 is 1.18 bits per heavy atom. The van der Waals surface area contributed by atoms with Crippen LogP contribution in [0.3, 0.4) is 0 Å². The molecule has 0 radical (unpaired) electrons. The van der Waals surface area contributed by atoms with Gasteiger partial charge in [-0.25, -0.2) is 18.0 Å². The normalized spacial score (nSPS) is 31.8. The van der Waals surface area contributed by atoms with E-state index >= 15 is 8.78 Å². The maximum atomic E-state index is 15.7. The second-order valence-electron chi connectivity index (χ2n) is 14.7. The standard InChI is InChI=1S/C34H51F3N6O2/c1-4-5-17-42(18-8-12-29-38-31(45-40-29)24-20-26(24)35)32(44)39-30-28(11-7-14-34(30,36)37)43-19-13-27(25(21-43)23-9-6-10-23)41(3)22-33(2)15-16-33/h6,9-10,24-28,30H,4-5,7-8,11-22H2,1-3H3,(H,39,44)/t24-,25?,26+,27?,28+,30-/m1/s1. The van der Waals surface area contributed by atoms with E-state index in [9.17, 15) is 9.18 Å². The molecule has 0 spiro atoms. The first-order valence-corrected chi connectivity index (χ1v) is 17.3. The van der Waals surface area contributed by atoms with Gasteiger partial charge in [-0.05, 0) is 69.4 Å². The van der Waals surface area contributed by atoms with Crippen molar-refractivity contribution in [1.29, 1.82) is 0 Å². The number of hydrogen-bond donors (Lipinski definition) is 1. The van der Waals surface area contributed by atoms with Crippen LogP contribution in [-0.4, -0.2) is 101 Å². The van der Waals surface area contributed by atoms with Crippen molar-refractivity contribution < 1.29 is 22.5 Å². The largest absolute Gasteiger partial charge is 0.339 e. The number of rotatable bonds is 14. The summed E-state index contributed by atoms with van der Waals surface area (Å²) in [5.41, 5.74) is 1.72. The lowest BCUT2D eigenvalue weighted by atomic mass is 9.78. The Morgan fingerprint density at radius 3 is 2.60 bits per heavy atom. The maximum absolute atomic E-state index is 15.7. The summed E-state index contributed by atoms with van der Waals surface area (Å²) in [5, 5.41) is 6.82. The van der Waals surface area contributed by atoms with Crippen LogP contribution in [0.2, 0.25) is 0 Å². The Kier molecular flexibility index (Phi) is 9.67. The molecule has 5 aliphatic rings. The second-order valence-corrected chi connectivity index (χ2v) is 14.7. The van der Waals surface area contributed by atoms with Gasteiger partial charge in [0.1, 0.15) is 12.2 Å². The molecule has 4 aliphatic carbocycles. The average molecular weight is 633 g/mol. The molecule has 1 N–H and O–H groups in total. The van der Waals surface area contributed by atoms with Gasteiger partial charge in [-0.15, -0.1) is 0 Å². The van der Waals surface area contributed by atoms with E-state index in [2.05, 4.69) is 57.5 Å². The van der Waals surface area contributed by atoms with Crippen molar-refractivity contribution in [3.8, 4) is 0 Å². The smallest absolute Gasteiger partial charge is 0.317 e. The Labute approximate surface area is 265 Å². The van der Waals surface area contributed by atoms with Crippen LogP contribution in [-0.2, 0) is 6.42 Å². The number of piperidine rings is 1. The molecule has 3 saturated carbocycles. The molecule has 1 aliphatic heterocycles. The molecule has 2 heterocycles. The van der Waals surface area contributed by atoms with Crippen molar-refractivity contribution in [1.82, 2.24) is 30.2 Å². The van der Waals surface area contributed by atoms with Crippen LogP contribution in [0.25, 0.3) is 0 Å². The molecule has 4 fully saturated rings. The van der Waals surface area contributed by atoms with Crippen molar-refractivity contribution >= 4 is 6.03 Å². The van der Waals surface area contributed by atoms with Gasteiger partial charge in [-0.3, -0.25) is 4.90 Å². The van der Waals surface area contributed by atoms with E-state index in [1.54, 1.807) is 4.90 Å². The van der Waals surface area contributed by atoms with Crippen LogP contribution in [0, 0.1) is 11.3 Å². The number of aryl methyl sites for hydroxylation is 1. The number of carbonyl (C=O) groups excluding carboxylic acids is 1. The van der Waals surface area contributed by atoms with Gasteiger partial charge >= 0.3 is 6.03 Å². The average Bonchev–Trinajstić information content (AvgIpc) is 3.84. The first kappa shape index (κ1) is 32.5. The van der Waals surface area contributed by atoms with Crippen LogP contribution in [0.5, 0.6) is 0 Å². The Morgan fingerprint density at radius 2 is 1.93 bits per heavy atom. The monoisotopic (exact) mass is 632 g/mol. The molecule has 8 nitrogen and oxygen atoms in total. The lowest BCUT2D eigenvalue weighted by Crippen LogP contribution is -2.65. The third-order valence-electron chi connectivity index (χ3n) is 10.9. The number of amides is 2. The van der Waals surface area contributed by atoms with E-state index in [4.69, 9.17) is 4.52 Å². The van der Waals surface area contributed by atoms with Crippen molar-refractivity contribution in [2.24, 2.45) is 11.3 Å². The van der Waals surface area contributed by atoms with Crippen LogP contribution in [0.1, 0.15) is 95.7 Å². The van der Waals surface area contributed by atoms with Crippen molar-refractivity contribution in [3.05, 3.63) is 35.5 Å². The number of nitrogens with one attached hydrogen (secondary N) is 1. The Hall–Kier alpha value is -2.40. The maximum Gasteiger partial charge on any atom is 0.317 e. The first-order chi connectivity index (χ1) is 21.6. The van der Waals surface area contributed by atoms with E-state index in [1.165, 1.54) is 18.4 Å². The van der Waals surface area contributed by atoms with Gasteiger partial charge in [0.25, 0.3) is 5.92 Å². The zero-order valence-corrected chi connectivity index (χ0v) is 27.2. The van der Waals surface area contributed by atoms with Gasteiger partial charge in [0.15, 0.2) is 5.82 Å². The molecule has 0 bridgehead atoms. The van der Waals surface area contributed by atoms with Crippen LogP contribution in [0.15, 0.2) is 28.3 Å². The number of carbonyl (C=O) groups is 1. The molecule has 1 saturated heterocycles. The summed E-state index contributed by atoms with van der Waals surface area (Å²) in [5.74, 6) is -2.18. The van der Waals surface area contributed by atoms with Crippen LogP contribution in [0.4, 0.5) is 18.0 Å². The first-order valence-electron chi connectivity index (χ1n) is 17.3. The summed E-state index contributed by atoms with van der Waals surface area (Å²) >= 11 is 0. The number of urea groups is 1. The number of allylic oxidation sites excluding steroid dienone is 3. The van der Waals surface area contributed by atoms with Crippen LogP contribution >= 0.6 is 0 Å². The fraction of sp³-hybridized carbons (Fsp3) is 0.794. The lowest BCUT2D eigenvalue weighted by molar-refractivity contribution is -0.0988. The predicted molar refractivity (Wildman–Crippen MR) is 167 cm³/mol. The molecule has 2 unspecified atom stereocenters. The number of likely N-dealkylation sites (tertiary alicyclic amines) is 1. The molecule has 250 valence electrons. The molecule has 6 rings (SSSR count). The molecule has 1 aromatic rings. The van der Waals surface area contributed by atoms with Crippen molar-refractivity contribution in [2.45, 2.75) is 121 Å². The number of hydrogen-bond acceptors (Lipinski definition) is 6. The van der Waals surface area contributed by atoms with E-state index in [-0.39, 0.29) is 18.3 Å². The van der Waals surface area contributed by atoms with Crippen LogP contribution < -0.4 is 5.32 Å². The Balaban J connectivity index is 1.10. The summed E-state index contributed by atoms with van der Waals surface area (Å²) < 4.78 is 50.0. The number of unbranched alkanes of at least 4 members (excludes halogenated alkanes) is 1. The topological polar surface area (TPSA) is 77.7 Å². The summed E-state index contributed by atoms with van der Waals surface area (Å²) in [6.45, 7) is 7.85. The zero-order valence-electron chi connectivity index (χ0n) is 27.2. The summed E-state index contributed by atoms with van der Waals surface area (Å²) in [6, 6.07) is -1.69. The SMILES string of the molecule is CCCCN(CCCc1noc([C@@H]2C[C@@H]2F)n1)C(=O)N[C@@H]1[C@@H](N2CCC(N(C)CC3(C)CC3)C(C3=CC=C3)C2)CCCC1(F)F. The van der Waals surface area contributed by atoms with Gasteiger partial charge in [-0.1, -0.05) is 43.7 Å². The minimum atomic E-state index is -2.98. The molecular weight excluding hydrogens is 581 g/mol. The fourth-order valence-corrected chi connectivity index (χ4v) is 7.67. The molecule has 6 atom stereocenters. The molecule has 0 aromatic carbocycles. The van der Waals surface area contributed by atoms with Crippen molar-refractivity contribution in [2.75, 3.05) is 39.8 Å². The number of alkyl halides is 3. The Bertz CT molecular complexity index is 1250. The number of halogens is 3. The summed E-state index contributed by atoms with van der Waals surface area (Å²) in [6.07, 6.45) is 13.0. The number of aromatic nitrogens is 2. The molecular formula is C34H51F3N6O2. The third kappa shape index (κ3) is 7.61. The molecule has 45 heavy (non-hydrogen) atoms. The summed E-state index contributed by atoms with van der Waals surface area (Å²) in [4.78, 5) is 24.4. The second kappa shape index (κ2) is 13.4. The molecule has 1 aromatic heterocycles. The van der Waals surface area contributed by atoms with E-state index in [0.29, 0.717) is 68.4 Å². The molecule has 2 amide bonds. The minimum Gasteiger partial charge on any atom is -0.339 e. The van der Waals surface area contributed by atoms with Gasteiger partial charge in [-0.2, -0.15) is 4.98 Å². The highest BCUT2D eigenvalue weighted by atomic mass is 19.3. The van der Waals surface area contributed by atoms with Gasteiger partial charge in [0.2, 0.25) is 5.89 Å². The van der Waals surface area contributed by atoms with Gasteiger partial charge in [0, 0.05) is 63.6 Å². The highest BCUT2D eigenvalue weighted by molar-refractivity contribution is 5.74.